The Balaban J connectivity index is 2.18. The van der Waals surface area contributed by atoms with Gasteiger partial charge in [0, 0.05) is 17.1 Å². The molecule has 20 heavy (non-hydrogen) atoms. The minimum atomic E-state index is 0.812. The molecule has 0 N–H and O–H groups in total. The first kappa shape index (κ1) is 11.2. The van der Waals surface area contributed by atoms with Gasteiger partial charge in [0.1, 0.15) is 11.3 Å². The molecule has 0 spiro atoms. The molecular weight excluding hydrogens is 248 g/mol. The molecule has 0 atom stereocenters. The van der Waals surface area contributed by atoms with Gasteiger partial charge in [0.15, 0.2) is 5.58 Å². The van der Waals surface area contributed by atoms with E-state index in [9.17, 15) is 0 Å². The van der Waals surface area contributed by atoms with Crippen LogP contribution in [0, 0.1) is 6.92 Å². The van der Waals surface area contributed by atoms with Crippen LogP contribution in [0.4, 0.5) is 0 Å². The van der Waals surface area contributed by atoms with Crippen molar-refractivity contribution in [3.63, 3.8) is 0 Å². The summed E-state index contributed by atoms with van der Waals surface area (Å²) >= 11 is 0. The number of benzene rings is 1. The van der Waals surface area contributed by atoms with Gasteiger partial charge in [-0.15, -0.1) is 0 Å². The maximum Gasteiger partial charge on any atom is 0.164 e. The SMILES string of the molecule is Cc1cc2c(-c3ccccc3)nc3cccnc3c2o1. The van der Waals surface area contributed by atoms with E-state index in [4.69, 9.17) is 9.40 Å². The van der Waals surface area contributed by atoms with E-state index in [0.29, 0.717) is 0 Å². The molecule has 0 fully saturated rings. The smallest absolute Gasteiger partial charge is 0.164 e. The largest absolute Gasteiger partial charge is 0.459 e. The van der Waals surface area contributed by atoms with Crippen LogP contribution in [-0.2, 0) is 0 Å². The molecule has 0 aliphatic heterocycles. The predicted molar refractivity (Wildman–Crippen MR) is 79.5 cm³/mol. The second kappa shape index (κ2) is 4.17. The van der Waals surface area contributed by atoms with Crippen LogP contribution in [0.2, 0.25) is 0 Å². The molecule has 3 heterocycles. The van der Waals surface area contributed by atoms with Gasteiger partial charge in [-0.25, -0.2) is 4.98 Å². The van der Waals surface area contributed by atoms with Crippen LogP contribution in [0.1, 0.15) is 5.76 Å². The summed E-state index contributed by atoms with van der Waals surface area (Å²) in [6.45, 7) is 1.95. The van der Waals surface area contributed by atoms with Gasteiger partial charge >= 0.3 is 0 Å². The van der Waals surface area contributed by atoms with E-state index in [1.807, 2.05) is 43.3 Å². The number of furan rings is 1. The third-order valence-electron chi connectivity index (χ3n) is 3.39. The molecule has 0 aliphatic rings. The highest BCUT2D eigenvalue weighted by Gasteiger charge is 2.14. The molecule has 3 aromatic heterocycles. The lowest BCUT2D eigenvalue weighted by Crippen LogP contribution is -1.88. The molecule has 96 valence electrons. The summed E-state index contributed by atoms with van der Waals surface area (Å²) in [7, 11) is 0. The number of aromatic nitrogens is 2. The van der Waals surface area contributed by atoms with Crippen molar-refractivity contribution in [1.82, 2.24) is 9.97 Å². The summed E-state index contributed by atoms with van der Waals surface area (Å²) < 4.78 is 5.84. The Hall–Kier alpha value is -2.68. The second-order valence-electron chi connectivity index (χ2n) is 4.80. The molecule has 3 heteroatoms. The maximum atomic E-state index is 5.84. The Labute approximate surface area is 115 Å². The van der Waals surface area contributed by atoms with Crippen LogP contribution in [0.5, 0.6) is 0 Å². The van der Waals surface area contributed by atoms with Gasteiger partial charge in [-0.2, -0.15) is 0 Å². The standard InChI is InChI=1S/C17H12N2O/c1-11-10-13-15(12-6-3-2-4-7-12)19-14-8-5-9-18-16(14)17(13)20-11/h2-10H,1H3. The Morgan fingerprint density at radius 1 is 1.00 bits per heavy atom. The molecule has 4 aromatic rings. The summed E-state index contributed by atoms with van der Waals surface area (Å²) in [4.78, 5) is 9.17. The van der Waals surface area contributed by atoms with Crippen molar-refractivity contribution in [2.24, 2.45) is 0 Å². The Bertz CT molecular complexity index is 910. The van der Waals surface area contributed by atoms with Gasteiger partial charge in [-0.3, -0.25) is 4.98 Å². The molecule has 4 rings (SSSR count). The van der Waals surface area contributed by atoms with E-state index < -0.39 is 0 Å². The zero-order valence-electron chi connectivity index (χ0n) is 11.0. The molecule has 0 bridgehead atoms. The van der Waals surface area contributed by atoms with Gasteiger partial charge < -0.3 is 4.42 Å². The Morgan fingerprint density at radius 2 is 1.85 bits per heavy atom. The lowest BCUT2D eigenvalue weighted by atomic mass is 10.1. The first-order valence-electron chi connectivity index (χ1n) is 6.53. The fourth-order valence-electron chi connectivity index (χ4n) is 2.52. The van der Waals surface area contributed by atoms with Crippen molar-refractivity contribution in [2.75, 3.05) is 0 Å². The summed E-state index contributed by atoms with van der Waals surface area (Å²) in [5.41, 5.74) is 4.51. The van der Waals surface area contributed by atoms with Crippen LogP contribution in [0.25, 0.3) is 33.3 Å². The predicted octanol–water partition coefficient (Wildman–Crippen LogP) is 4.35. The number of nitrogens with zero attached hydrogens (tertiary/aromatic N) is 2. The van der Waals surface area contributed by atoms with E-state index in [0.717, 1.165) is 39.0 Å². The average molecular weight is 260 g/mol. The topological polar surface area (TPSA) is 38.9 Å². The normalized spacial score (nSPS) is 11.2. The highest BCUT2D eigenvalue weighted by molar-refractivity contribution is 6.06. The molecule has 0 saturated carbocycles. The second-order valence-corrected chi connectivity index (χ2v) is 4.80. The third kappa shape index (κ3) is 1.60. The minimum Gasteiger partial charge on any atom is -0.459 e. The number of hydrogen-bond donors (Lipinski definition) is 0. The van der Waals surface area contributed by atoms with E-state index in [1.54, 1.807) is 6.20 Å². The molecule has 1 aromatic carbocycles. The van der Waals surface area contributed by atoms with E-state index in [-0.39, 0.29) is 0 Å². The quantitative estimate of drug-likeness (QED) is 0.510. The van der Waals surface area contributed by atoms with Crippen LogP contribution >= 0.6 is 0 Å². The lowest BCUT2D eigenvalue weighted by molar-refractivity contribution is 0.580. The minimum absolute atomic E-state index is 0.812. The van der Waals surface area contributed by atoms with Crippen LogP contribution in [-0.4, -0.2) is 9.97 Å². The van der Waals surface area contributed by atoms with Crippen molar-refractivity contribution in [2.45, 2.75) is 6.92 Å². The first-order chi connectivity index (χ1) is 9.83. The van der Waals surface area contributed by atoms with Gasteiger partial charge in [-0.05, 0) is 25.1 Å². The van der Waals surface area contributed by atoms with Crippen molar-refractivity contribution >= 4 is 22.0 Å². The van der Waals surface area contributed by atoms with Crippen molar-refractivity contribution in [3.05, 3.63) is 60.5 Å². The summed E-state index contributed by atoms with van der Waals surface area (Å²) in [6, 6.07) is 16.0. The summed E-state index contributed by atoms with van der Waals surface area (Å²) in [5.74, 6) is 0.872. The van der Waals surface area contributed by atoms with Crippen LogP contribution < -0.4 is 0 Å². The van der Waals surface area contributed by atoms with Gasteiger partial charge in [0.05, 0.1) is 11.2 Å². The lowest BCUT2D eigenvalue weighted by Gasteiger charge is -2.04. The Kier molecular flexibility index (Phi) is 2.33. The zero-order chi connectivity index (χ0) is 13.5. The van der Waals surface area contributed by atoms with E-state index >= 15 is 0 Å². The number of aryl methyl sites for hydroxylation is 1. The Morgan fingerprint density at radius 3 is 2.70 bits per heavy atom. The monoisotopic (exact) mass is 260 g/mol. The highest BCUT2D eigenvalue weighted by atomic mass is 16.3. The van der Waals surface area contributed by atoms with Gasteiger partial charge in [-0.1, -0.05) is 30.3 Å². The number of pyridine rings is 2. The molecule has 0 unspecified atom stereocenters. The highest BCUT2D eigenvalue weighted by Crippen LogP contribution is 2.33. The fraction of sp³-hybridized carbons (Fsp3) is 0.0588. The average Bonchev–Trinajstić information content (AvgIpc) is 2.89. The zero-order valence-corrected chi connectivity index (χ0v) is 11.0. The first-order valence-corrected chi connectivity index (χ1v) is 6.53. The third-order valence-corrected chi connectivity index (χ3v) is 3.39. The van der Waals surface area contributed by atoms with E-state index in [1.165, 1.54) is 0 Å². The number of fused-ring (bicyclic) bond motifs is 3. The van der Waals surface area contributed by atoms with Crippen LogP contribution in [0.3, 0.4) is 0 Å². The fourth-order valence-corrected chi connectivity index (χ4v) is 2.52. The maximum absolute atomic E-state index is 5.84. The number of rotatable bonds is 1. The molecule has 3 nitrogen and oxygen atoms in total. The van der Waals surface area contributed by atoms with Crippen molar-refractivity contribution < 1.29 is 4.42 Å². The molecule has 0 saturated heterocycles. The van der Waals surface area contributed by atoms with Crippen LogP contribution in [0.15, 0.2) is 59.1 Å². The number of hydrogen-bond acceptors (Lipinski definition) is 3. The van der Waals surface area contributed by atoms with Gasteiger partial charge in [0.25, 0.3) is 0 Å². The summed E-state index contributed by atoms with van der Waals surface area (Å²) in [6.07, 6.45) is 1.77. The molecular formula is C17H12N2O. The van der Waals surface area contributed by atoms with Crippen molar-refractivity contribution in [3.8, 4) is 11.3 Å². The molecule has 0 amide bonds. The molecule has 0 radical (unpaired) electrons. The van der Waals surface area contributed by atoms with E-state index in [2.05, 4.69) is 17.1 Å². The molecule has 0 aliphatic carbocycles. The van der Waals surface area contributed by atoms with Gasteiger partial charge in [0.2, 0.25) is 0 Å². The van der Waals surface area contributed by atoms with Crippen molar-refractivity contribution in [1.29, 1.82) is 0 Å². The summed E-state index contributed by atoms with van der Waals surface area (Å²) in [5, 5.41) is 1.01.